The van der Waals surface area contributed by atoms with Gasteiger partial charge < -0.3 is 10.6 Å². The Hall–Kier alpha value is -0.240. The molecule has 6 nitrogen and oxygen atoms in total. The van der Waals surface area contributed by atoms with Crippen molar-refractivity contribution in [1.82, 2.24) is 0 Å². The predicted molar refractivity (Wildman–Crippen MR) is 14.6 cm³/mol. The van der Waals surface area contributed by atoms with E-state index in [2.05, 4.69) is 0 Å². The Balaban J connectivity index is 0. The van der Waals surface area contributed by atoms with Gasteiger partial charge in [-0.2, -0.15) is 0 Å². The van der Waals surface area contributed by atoms with E-state index in [1.807, 2.05) is 0 Å². The minimum atomic E-state index is -2.38. The van der Waals surface area contributed by atoms with Crippen LogP contribution in [0, 0.1) is 0 Å². The van der Waals surface area contributed by atoms with E-state index in [9.17, 15) is 0 Å². The first-order chi connectivity index (χ1) is 2.56. The molecule has 0 bridgehead atoms. The van der Waals surface area contributed by atoms with Crippen LogP contribution in [-0.2, 0) is 0 Å². The molecule has 0 aliphatic carbocycles. The molecule has 0 aliphatic heterocycles. The highest BCUT2D eigenvalue weighted by Crippen LogP contribution is 1.78. The lowest BCUT2D eigenvalue weighted by Gasteiger charge is -2.04. The maximum absolute atomic E-state index is 7.62. The summed E-state index contributed by atoms with van der Waals surface area (Å²) in [5.74, 6) is 0. The van der Waals surface area contributed by atoms with Gasteiger partial charge in [0.15, 0.2) is 0 Å². The van der Waals surface area contributed by atoms with Crippen LogP contribution < -0.4 is 0 Å². The Kier molecular flexibility index (Phi) is 4.04. The molecule has 0 aromatic carbocycles. The summed E-state index contributed by atoms with van der Waals surface area (Å²) in [6.45, 7) is -1.12. The summed E-state index contributed by atoms with van der Waals surface area (Å²) < 4.78 is 0. The minimum absolute atomic E-state index is 0. The molecular formula is CH7NO5. The Morgan fingerprint density at radius 3 is 1.29 bits per heavy atom. The Bertz CT molecular complexity index is 37.8. The van der Waals surface area contributed by atoms with Crippen LogP contribution in [0.5, 0.6) is 0 Å². The zero-order chi connectivity index (χ0) is 5.21. The molecule has 46 valence electrons. The summed E-state index contributed by atoms with van der Waals surface area (Å²) in [4.78, 5) is -2.38. The summed E-state index contributed by atoms with van der Waals surface area (Å²) in [7, 11) is 0. The average Bonchev–Trinajstić information content (AvgIpc) is 1.35. The Labute approximate surface area is 39.2 Å². The van der Waals surface area contributed by atoms with E-state index >= 15 is 0 Å². The third kappa shape index (κ3) is 10.7. The number of hydroxylamine groups is 3. The van der Waals surface area contributed by atoms with Crippen molar-refractivity contribution in [1.29, 1.82) is 0 Å². The van der Waals surface area contributed by atoms with Gasteiger partial charge >= 0.3 is 0 Å². The smallest absolute Gasteiger partial charge is 0.277 e. The van der Waals surface area contributed by atoms with Crippen LogP contribution in [0.1, 0.15) is 0 Å². The summed E-state index contributed by atoms with van der Waals surface area (Å²) >= 11 is 0. The number of quaternary nitrogens is 1. The maximum Gasteiger partial charge on any atom is 0.277 e. The van der Waals surface area contributed by atoms with Gasteiger partial charge in [-0.3, -0.25) is 0 Å². The zero-order valence-corrected chi connectivity index (χ0v) is 3.39. The van der Waals surface area contributed by atoms with Crippen LogP contribution in [0.15, 0.2) is 0 Å². The van der Waals surface area contributed by atoms with E-state index in [4.69, 9.17) is 20.7 Å². The zero-order valence-electron chi connectivity index (χ0n) is 3.39. The minimum Gasteiger partial charge on any atom is -0.870 e. The molecule has 0 aliphatic rings. The highest BCUT2D eigenvalue weighted by atomic mass is 17.1. The van der Waals surface area contributed by atoms with Crippen LogP contribution in [-0.4, -0.2) is 37.9 Å². The molecule has 0 heterocycles. The van der Waals surface area contributed by atoms with Crippen LogP contribution >= 0.6 is 0 Å². The fourth-order valence-corrected chi connectivity index (χ4v) is 0. The van der Waals surface area contributed by atoms with E-state index < -0.39 is 11.7 Å². The summed E-state index contributed by atoms with van der Waals surface area (Å²) in [5, 5.41) is 30.5. The second kappa shape index (κ2) is 2.86. The van der Waals surface area contributed by atoms with E-state index in [0.717, 1.165) is 0 Å². The summed E-state index contributed by atoms with van der Waals surface area (Å²) in [5.41, 5.74) is 0. The molecule has 7 heavy (non-hydrogen) atoms. The van der Waals surface area contributed by atoms with Crippen LogP contribution in [0.2, 0.25) is 0 Å². The SMILES string of the molecule is OC[N+](O)(O)O.[OH-]. The van der Waals surface area contributed by atoms with Gasteiger partial charge in [-0.1, -0.05) is 0 Å². The normalized spacial score (nSPS) is 10.3. The van der Waals surface area contributed by atoms with Gasteiger partial charge in [0.1, 0.15) is 4.97 Å². The molecular weight excluding hydrogens is 106 g/mol. The number of hydrogen-bond donors (Lipinski definition) is 4. The highest BCUT2D eigenvalue weighted by Gasteiger charge is 2.13. The lowest BCUT2D eigenvalue weighted by Crippen LogP contribution is -2.37. The monoisotopic (exact) mass is 113 g/mol. The van der Waals surface area contributed by atoms with Crippen molar-refractivity contribution in [2.24, 2.45) is 0 Å². The van der Waals surface area contributed by atoms with Crippen molar-refractivity contribution in [3.8, 4) is 0 Å². The second-order valence-corrected chi connectivity index (χ2v) is 0.834. The molecule has 0 saturated carbocycles. The third-order valence-corrected chi connectivity index (χ3v) is 0.190. The van der Waals surface area contributed by atoms with Gasteiger partial charge in [-0.05, 0) is 0 Å². The van der Waals surface area contributed by atoms with Crippen molar-refractivity contribution in [3.05, 3.63) is 0 Å². The molecule has 0 aromatic heterocycles. The van der Waals surface area contributed by atoms with E-state index in [1.54, 1.807) is 0 Å². The largest absolute Gasteiger partial charge is 0.870 e. The topological polar surface area (TPSA) is 111 Å². The lowest BCUT2D eigenvalue weighted by molar-refractivity contribution is -1.37. The molecule has 0 fully saturated rings. The standard InChI is InChI=1S/CH6NO4.H2O/c3-1-2(4,5)6;/h3-6H,1H2;1H2/q+1;/p-1. The summed E-state index contributed by atoms with van der Waals surface area (Å²) in [6, 6.07) is 0. The Morgan fingerprint density at radius 1 is 1.14 bits per heavy atom. The molecule has 6 heteroatoms. The second-order valence-electron chi connectivity index (χ2n) is 0.834. The van der Waals surface area contributed by atoms with Crippen molar-refractivity contribution in [3.63, 3.8) is 0 Å². The number of nitrogens with zero attached hydrogens (tertiary/aromatic N) is 1. The molecule has 5 N–H and O–H groups in total. The lowest BCUT2D eigenvalue weighted by atomic mass is 11.3. The quantitative estimate of drug-likeness (QED) is 0.193. The van der Waals surface area contributed by atoms with Gasteiger partial charge in [0.25, 0.3) is 6.73 Å². The van der Waals surface area contributed by atoms with Crippen LogP contribution in [0.25, 0.3) is 0 Å². The number of aliphatic hydroxyl groups is 1. The van der Waals surface area contributed by atoms with Crippen molar-refractivity contribution in [2.75, 3.05) is 6.73 Å². The first-order valence-corrected chi connectivity index (χ1v) is 1.23. The van der Waals surface area contributed by atoms with Crippen molar-refractivity contribution in [2.45, 2.75) is 0 Å². The third-order valence-electron chi connectivity index (χ3n) is 0.190. The fourth-order valence-electron chi connectivity index (χ4n) is 0. The molecule has 0 unspecified atom stereocenters. The molecule has 0 amide bonds. The predicted octanol–water partition coefficient (Wildman–Crippen LogP) is -1.26. The maximum atomic E-state index is 7.62. The van der Waals surface area contributed by atoms with Crippen LogP contribution in [0.4, 0.5) is 0 Å². The number of aliphatic hydroxyl groups excluding tert-OH is 1. The first-order valence-electron chi connectivity index (χ1n) is 1.23. The van der Waals surface area contributed by atoms with Gasteiger partial charge in [0.2, 0.25) is 0 Å². The molecule has 0 aromatic rings. The molecule has 0 rings (SSSR count). The van der Waals surface area contributed by atoms with E-state index in [1.165, 1.54) is 0 Å². The van der Waals surface area contributed by atoms with Crippen molar-refractivity contribution >= 4 is 0 Å². The van der Waals surface area contributed by atoms with Gasteiger partial charge in [0.05, 0.1) is 0 Å². The molecule has 0 saturated heterocycles. The molecule has 0 atom stereocenters. The molecule has 0 spiro atoms. The van der Waals surface area contributed by atoms with Crippen molar-refractivity contribution < 1.29 is 31.2 Å². The van der Waals surface area contributed by atoms with E-state index in [0.29, 0.717) is 0 Å². The Morgan fingerprint density at radius 2 is 1.29 bits per heavy atom. The van der Waals surface area contributed by atoms with Gasteiger partial charge in [-0.15, -0.1) is 15.6 Å². The van der Waals surface area contributed by atoms with Gasteiger partial charge in [0, 0.05) is 0 Å². The molecule has 0 radical (unpaired) electrons. The van der Waals surface area contributed by atoms with Crippen LogP contribution in [0.3, 0.4) is 0 Å². The number of hydrogen-bond acceptors (Lipinski definition) is 5. The number of rotatable bonds is 1. The summed E-state index contributed by atoms with van der Waals surface area (Å²) in [6.07, 6.45) is 0. The first kappa shape index (κ1) is 9.90. The van der Waals surface area contributed by atoms with Gasteiger partial charge in [-0.25, -0.2) is 0 Å². The highest BCUT2D eigenvalue weighted by molar-refractivity contribution is 3.57. The van der Waals surface area contributed by atoms with E-state index in [-0.39, 0.29) is 5.48 Å². The average molecular weight is 113 g/mol. The fraction of sp³-hybridized carbons (Fsp3) is 1.00.